The molecule has 1 heterocycles. The van der Waals surface area contributed by atoms with E-state index in [0.717, 1.165) is 12.1 Å². The molecule has 0 radical (unpaired) electrons. The summed E-state index contributed by atoms with van der Waals surface area (Å²) in [5.74, 6) is -1.90. The first kappa shape index (κ1) is 12.3. The lowest BCUT2D eigenvalue weighted by molar-refractivity contribution is 0.406. The molecule has 0 saturated carbocycles. The number of ether oxygens (including phenoxy) is 1. The predicted octanol–water partition coefficient (Wildman–Crippen LogP) is 3.12. The lowest BCUT2D eigenvalue weighted by Crippen LogP contribution is -2.00. The van der Waals surface area contributed by atoms with Crippen LogP contribution in [-0.4, -0.2) is 9.78 Å². The van der Waals surface area contributed by atoms with Gasteiger partial charge < -0.3 is 10.5 Å². The summed E-state index contributed by atoms with van der Waals surface area (Å²) < 4.78 is 33.7. The van der Waals surface area contributed by atoms with Crippen molar-refractivity contribution in [1.29, 1.82) is 0 Å². The summed E-state index contributed by atoms with van der Waals surface area (Å²) in [6.45, 7) is 3.86. The lowest BCUT2D eigenvalue weighted by Gasteiger charge is -2.07. The summed E-state index contributed by atoms with van der Waals surface area (Å²) in [5.41, 5.74) is 5.32. The SMILES string of the molecule is CC(C)n1cc(Oc2c(F)cc(N)cc2F)cn1. The molecule has 2 rings (SSSR count). The van der Waals surface area contributed by atoms with Gasteiger partial charge in [-0.15, -0.1) is 0 Å². The van der Waals surface area contributed by atoms with Crippen molar-refractivity contribution in [3.63, 3.8) is 0 Å². The van der Waals surface area contributed by atoms with Crippen LogP contribution in [0.1, 0.15) is 19.9 Å². The van der Waals surface area contributed by atoms with E-state index in [1.165, 1.54) is 6.20 Å². The highest BCUT2D eigenvalue weighted by atomic mass is 19.1. The van der Waals surface area contributed by atoms with Gasteiger partial charge in [-0.05, 0) is 13.8 Å². The van der Waals surface area contributed by atoms with Crippen molar-refractivity contribution in [2.24, 2.45) is 0 Å². The summed E-state index contributed by atoms with van der Waals surface area (Å²) in [7, 11) is 0. The molecule has 4 nitrogen and oxygen atoms in total. The number of benzene rings is 1. The maximum Gasteiger partial charge on any atom is 0.198 e. The molecule has 0 aliphatic heterocycles. The van der Waals surface area contributed by atoms with E-state index >= 15 is 0 Å². The van der Waals surface area contributed by atoms with E-state index in [1.54, 1.807) is 10.9 Å². The van der Waals surface area contributed by atoms with Crippen LogP contribution in [0.3, 0.4) is 0 Å². The normalized spacial score (nSPS) is 10.9. The Morgan fingerprint density at radius 2 is 1.89 bits per heavy atom. The average molecular weight is 253 g/mol. The molecule has 2 aromatic rings. The van der Waals surface area contributed by atoms with Gasteiger partial charge in [-0.1, -0.05) is 0 Å². The summed E-state index contributed by atoms with van der Waals surface area (Å²) in [6.07, 6.45) is 2.97. The first-order chi connectivity index (χ1) is 8.47. The minimum absolute atomic E-state index is 0.00947. The average Bonchev–Trinajstić information content (AvgIpc) is 2.71. The summed E-state index contributed by atoms with van der Waals surface area (Å²) in [4.78, 5) is 0. The van der Waals surface area contributed by atoms with Crippen LogP contribution in [0.2, 0.25) is 0 Å². The number of aromatic nitrogens is 2. The third-order valence-electron chi connectivity index (χ3n) is 2.35. The van der Waals surface area contributed by atoms with Gasteiger partial charge in [0.1, 0.15) is 0 Å². The summed E-state index contributed by atoms with van der Waals surface area (Å²) >= 11 is 0. The molecule has 2 N–H and O–H groups in total. The number of anilines is 1. The molecular formula is C12H13F2N3O. The van der Waals surface area contributed by atoms with Gasteiger partial charge in [0.2, 0.25) is 0 Å². The fraction of sp³-hybridized carbons (Fsp3) is 0.250. The molecule has 1 aromatic heterocycles. The fourth-order valence-electron chi connectivity index (χ4n) is 1.45. The van der Waals surface area contributed by atoms with Gasteiger partial charge in [0, 0.05) is 23.9 Å². The third kappa shape index (κ3) is 2.42. The monoisotopic (exact) mass is 253 g/mol. The molecule has 0 amide bonds. The summed E-state index contributed by atoms with van der Waals surface area (Å²) in [6, 6.07) is 2.15. The van der Waals surface area contributed by atoms with Crippen LogP contribution in [0.25, 0.3) is 0 Å². The van der Waals surface area contributed by atoms with Crippen LogP contribution in [0, 0.1) is 11.6 Å². The second-order valence-corrected chi connectivity index (χ2v) is 4.17. The van der Waals surface area contributed by atoms with Crippen molar-refractivity contribution in [2.75, 3.05) is 5.73 Å². The van der Waals surface area contributed by atoms with E-state index in [-0.39, 0.29) is 17.5 Å². The second-order valence-electron chi connectivity index (χ2n) is 4.17. The first-order valence-electron chi connectivity index (χ1n) is 5.44. The molecule has 0 atom stereocenters. The lowest BCUT2D eigenvalue weighted by atomic mass is 10.3. The molecule has 0 bridgehead atoms. The number of nitrogen functional groups attached to an aromatic ring is 1. The largest absolute Gasteiger partial charge is 0.448 e. The highest BCUT2D eigenvalue weighted by Crippen LogP contribution is 2.29. The van der Waals surface area contributed by atoms with E-state index in [0.29, 0.717) is 0 Å². The zero-order valence-electron chi connectivity index (χ0n) is 10.0. The van der Waals surface area contributed by atoms with E-state index in [2.05, 4.69) is 5.10 Å². The second kappa shape index (κ2) is 4.64. The molecule has 0 saturated heterocycles. The van der Waals surface area contributed by atoms with Crippen molar-refractivity contribution >= 4 is 5.69 Å². The molecule has 96 valence electrons. The van der Waals surface area contributed by atoms with Crippen molar-refractivity contribution in [3.05, 3.63) is 36.2 Å². The number of halogens is 2. The maximum absolute atomic E-state index is 13.5. The van der Waals surface area contributed by atoms with Crippen molar-refractivity contribution in [2.45, 2.75) is 19.9 Å². The predicted molar refractivity (Wildman–Crippen MR) is 63.5 cm³/mol. The van der Waals surface area contributed by atoms with Crippen LogP contribution in [0.15, 0.2) is 24.5 Å². The van der Waals surface area contributed by atoms with Crippen LogP contribution in [0.4, 0.5) is 14.5 Å². The Morgan fingerprint density at radius 1 is 1.28 bits per heavy atom. The van der Waals surface area contributed by atoms with Crippen LogP contribution < -0.4 is 10.5 Å². The van der Waals surface area contributed by atoms with Gasteiger partial charge in [-0.25, -0.2) is 8.78 Å². The smallest absolute Gasteiger partial charge is 0.198 e. The molecule has 0 aliphatic rings. The Bertz CT molecular complexity index is 543. The van der Waals surface area contributed by atoms with Gasteiger partial charge in [-0.2, -0.15) is 5.10 Å². The zero-order chi connectivity index (χ0) is 13.3. The molecular weight excluding hydrogens is 240 g/mol. The molecule has 0 unspecified atom stereocenters. The van der Waals surface area contributed by atoms with Gasteiger partial charge in [0.05, 0.1) is 12.4 Å². The van der Waals surface area contributed by atoms with Crippen LogP contribution >= 0.6 is 0 Å². The van der Waals surface area contributed by atoms with Crippen LogP contribution in [0.5, 0.6) is 11.5 Å². The van der Waals surface area contributed by atoms with E-state index in [9.17, 15) is 8.78 Å². The molecule has 18 heavy (non-hydrogen) atoms. The van der Waals surface area contributed by atoms with Crippen molar-refractivity contribution in [1.82, 2.24) is 9.78 Å². The minimum atomic E-state index is -0.843. The highest BCUT2D eigenvalue weighted by Gasteiger charge is 2.14. The maximum atomic E-state index is 13.5. The van der Waals surface area contributed by atoms with Gasteiger partial charge in [0.15, 0.2) is 23.1 Å². The Balaban J connectivity index is 2.28. The van der Waals surface area contributed by atoms with E-state index in [4.69, 9.17) is 10.5 Å². The molecule has 0 fully saturated rings. The number of hydrogen-bond acceptors (Lipinski definition) is 3. The Kier molecular flexibility index (Phi) is 3.18. The standard InChI is InChI=1S/C12H13F2N3O/c1-7(2)17-6-9(5-16-17)18-12-10(13)3-8(15)4-11(12)14/h3-7H,15H2,1-2H3. The molecule has 0 spiro atoms. The van der Waals surface area contributed by atoms with Gasteiger partial charge in [0.25, 0.3) is 0 Å². The van der Waals surface area contributed by atoms with E-state index < -0.39 is 17.4 Å². The molecule has 1 aromatic carbocycles. The Labute approximate surface area is 103 Å². The zero-order valence-corrected chi connectivity index (χ0v) is 10.0. The third-order valence-corrected chi connectivity index (χ3v) is 2.35. The molecule has 6 heteroatoms. The molecule has 0 aliphatic carbocycles. The van der Waals surface area contributed by atoms with Gasteiger partial charge >= 0.3 is 0 Å². The number of rotatable bonds is 3. The van der Waals surface area contributed by atoms with Gasteiger partial charge in [-0.3, -0.25) is 4.68 Å². The quantitative estimate of drug-likeness (QED) is 0.855. The van der Waals surface area contributed by atoms with Crippen molar-refractivity contribution in [3.8, 4) is 11.5 Å². The number of hydrogen-bond donors (Lipinski definition) is 1. The first-order valence-corrected chi connectivity index (χ1v) is 5.44. The number of nitrogens with zero attached hydrogens (tertiary/aromatic N) is 2. The minimum Gasteiger partial charge on any atom is -0.448 e. The topological polar surface area (TPSA) is 53.1 Å². The Morgan fingerprint density at radius 3 is 2.39 bits per heavy atom. The highest BCUT2D eigenvalue weighted by molar-refractivity contribution is 5.45. The van der Waals surface area contributed by atoms with Crippen molar-refractivity contribution < 1.29 is 13.5 Å². The fourth-order valence-corrected chi connectivity index (χ4v) is 1.45. The number of nitrogens with two attached hydrogens (primary N) is 1. The van der Waals surface area contributed by atoms with Crippen LogP contribution in [-0.2, 0) is 0 Å². The van der Waals surface area contributed by atoms with E-state index in [1.807, 2.05) is 13.8 Å². The summed E-state index contributed by atoms with van der Waals surface area (Å²) in [5, 5.41) is 4.01. The Hall–Kier alpha value is -2.11.